The molecule has 0 saturated carbocycles. The number of methoxy groups -OCH3 is 1. The van der Waals surface area contributed by atoms with E-state index in [0.717, 1.165) is 0 Å². The van der Waals surface area contributed by atoms with Gasteiger partial charge in [0.2, 0.25) is 0 Å². The van der Waals surface area contributed by atoms with E-state index in [1.165, 1.54) is 11.4 Å². The van der Waals surface area contributed by atoms with Crippen molar-refractivity contribution < 1.29 is 17.9 Å². The molecule has 0 aromatic rings. The number of nitrogens with zero attached hydrogens (tertiary/aromatic N) is 1. The molecule has 0 radical (unpaired) electrons. The smallest absolute Gasteiger partial charge is 0.324 e. The van der Waals surface area contributed by atoms with Crippen LogP contribution >= 0.6 is 0 Å². The van der Waals surface area contributed by atoms with Crippen LogP contribution in [0.3, 0.4) is 0 Å². The lowest BCUT2D eigenvalue weighted by Crippen LogP contribution is -2.55. The minimum absolute atomic E-state index is 0.171. The van der Waals surface area contributed by atoms with Gasteiger partial charge < -0.3 is 10.1 Å². The Morgan fingerprint density at radius 1 is 1.33 bits per heavy atom. The molecular weight excluding hydrogens is 258 g/mol. The van der Waals surface area contributed by atoms with Gasteiger partial charge in [0.25, 0.3) is 10.2 Å². The van der Waals surface area contributed by atoms with Gasteiger partial charge in [-0.15, -0.1) is 0 Å². The van der Waals surface area contributed by atoms with Gasteiger partial charge in [-0.3, -0.25) is 4.79 Å². The zero-order valence-corrected chi connectivity index (χ0v) is 11.8. The zero-order valence-electron chi connectivity index (χ0n) is 11.0. The summed E-state index contributed by atoms with van der Waals surface area (Å²) in [7, 11) is -2.39. The largest absolute Gasteiger partial charge is 0.468 e. The van der Waals surface area contributed by atoms with E-state index in [9.17, 15) is 13.2 Å². The fourth-order valence-electron chi connectivity index (χ4n) is 1.70. The molecule has 1 aliphatic rings. The highest BCUT2D eigenvalue weighted by molar-refractivity contribution is 7.87. The van der Waals surface area contributed by atoms with Crippen LogP contribution in [0, 0.1) is 5.92 Å². The lowest BCUT2D eigenvalue weighted by molar-refractivity contribution is -0.143. The molecular formula is C10H21N3O4S. The minimum Gasteiger partial charge on any atom is -0.468 e. The van der Waals surface area contributed by atoms with Crippen LogP contribution in [-0.2, 0) is 19.7 Å². The van der Waals surface area contributed by atoms with Crippen molar-refractivity contribution in [3.8, 4) is 0 Å². The Bertz CT molecular complexity index is 377. The Labute approximate surface area is 108 Å². The third-order valence-electron chi connectivity index (χ3n) is 2.81. The summed E-state index contributed by atoms with van der Waals surface area (Å²) in [5.74, 6) is -0.737. The monoisotopic (exact) mass is 279 g/mol. The molecule has 2 N–H and O–H groups in total. The first-order valence-electron chi connectivity index (χ1n) is 5.94. The molecule has 1 atom stereocenters. The highest BCUT2D eigenvalue weighted by atomic mass is 32.2. The van der Waals surface area contributed by atoms with Crippen molar-refractivity contribution in [2.24, 2.45) is 5.92 Å². The van der Waals surface area contributed by atoms with Crippen molar-refractivity contribution in [1.29, 1.82) is 0 Å². The molecule has 1 saturated heterocycles. The summed E-state index contributed by atoms with van der Waals surface area (Å²) in [6.45, 7) is 5.57. The Morgan fingerprint density at radius 3 is 2.33 bits per heavy atom. The molecule has 0 aromatic carbocycles. The second-order valence-electron chi connectivity index (χ2n) is 4.52. The first kappa shape index (κ1) is 15.4. The molecule has 1 heterocycles. The van der Waals surface area contributed by atoms with Gasteiger partial charge in [0.15, 0.2) is 0 Å². The molecule has 1 aliphatic heterocycles. The summed E-state index contributed by atoms with van der Waals surface area (Å²) >= 11 is 0. The van der Waals surface area contributed by atoms with Gasteiger partial charge >= 0.3 is 5.97 Å². The Morgan fingerprint density at radius 2 is 1.89 bits per heavy atom. The van der Waals surface area contributed by atoms with Crippen molar-refractivity contribution in [2.75, 3.05) is 33.3 Å². The number of carbonyl (C=O) groups excluding carboxylic acids is 1. The van der Waals surface area contributed by atoms with Crippen LogP contribution in [0.15, 0.2) is 0 Å². The average Bonchev–Trinajstić information content (AvgIpc) is 2.36. The lowest BCUT2D eigenvalue weighted by Gasteiger charge is -2.29. The lowest BCUT2D eigenvalue weighted by atomic mass is 10.1. The van der Waals surface area contributed by atoms with Crippen LogP contribution in [0.2, 0.25) is 0 Å². The van der Waals surface area contributed by atoms with Gasteiger partial charge in [0, 0.05) is 26.2 Å². The number of hydrogen-bond acceptors (Lipinski definition) is 5. The first-order chi connectivity index (χ1) is 8.38. The van der Waals surface area contributed by atoms with E-state index in [1.54, 1.807) is 13.8 Å². The molecule has 8 heteroatoms. The van der Waals surface area contributed by atoms with Gasteiger partial charge in [-0.1, -0.05) is 13.8 Å². The molecule has 0 aliphatic carbocycles. The SMILES string of the molecule is COC(=O)C(NS(=O)(=O)N1CCNCC1)C(C)C. The predicted molar refractivity (Wildman–Crippen MR) is 67.1 cm³/mol. The number of piperazine rings is 1. The quantitative estimate of drug-likeness (QED) is 0.625. The van der Waals surface area contributed by atoms with Gasteiger partial charge in [0.1, 0.15) is 6.04 Å². The van der Waals surface area contributed by atoms with Crippen LogP contribution in [0.4, 0.5) is 0 Å². The summed E-state index contributed by atoms with van der Waals surface area (Å²) in [5, 5.41) is 3.07. The highest BCUT2D eigenvalue weighted by Gasteiger charge is 2.32. The second-order valence-corrected chi connectivity index (χ2v) is 6.22. The van der Waals surface area contributed by atoms with E-state index in [1.807, 2.05) is 0 Å². The highest BCUT2D eigenvalue weighted by Crippen LogP contribution is 2.08. The molecule has 0 aromatic heterocycles. The van der Waals surface area contributed by atoms with Crippen LogP contribution in [-0.4, -0.2) is 58.0 Å². The summed E-state index contributed by atoms with van der Waals surface area (Å²) in [6.07, 6.45) is 0. The van der Waals surface area contributed by atoms with E-state index >= 15 is 0 Å². The van der Waals surface area contributed by atoms with Crippen LogP contribution < -0.4 is 10.0 Å². The van der Waals surface area contributed by atoms with Crippen LogP contribution in [0.5, 0.6) is 0 Å². The van der Waals surface area contributed by atoms with Gasteiger partial charge in [-0.05, 0) is 5.92 Å². The number of hydrogen-bond donors (Lipinski definition) is 2. The van der Waals surface area contributed by atoms with Crippen molar-refractivity contribution in [3.63, 3.8) is 0 Å². The van der Waals surface area contributed by atoms with Gasteiger partial charge in [0.05, 0.1) is 7.11 Å². The fraction of sp³-hybridized carbons (Fsp3) is 0.900. The standard InChI is InChI=1S/C10H21N3O4S/c1-8(2)9(10(14)17-3)12-18(15,16)13-6-4-11-5-7-13/h8-9,11-12H,4-7H2,1-3H3. The summed E-state index contributed by atoms with van der Waals surface area (Å²) in [4.78, 5) is 11.5. The number of esters is 1. The maximum Gasteiger partial charge on any atom is 0.324 e. The molecule has 0 amide bonds. The van der Waals surface area contributed by atoms with Crippen molar-refractivity contribution in [1.82, 2.24) is 14.3 Å². The Kier molecular flexibility index (Phi) is 5.51. The van der Waals surface area contributed by atoms with Gasteiger partial charge in [-0.25, -0.2) is 0 Å². The minimum atomic E-state index is -3.64. The third kappa shape index (κ3) is 3.91. The van der Waals surface area contributed by atoms with Crippen molar-refractivity contribution in [2.45, 2.75) is 19.9 Å². The second kappa shape index (κ2) is 6.46. The summed E-state index contributed by atoms with van der Waals surface area (Å²) < 4.78 is 32.6. The average molecular weight is 279 g/mol. The van der Waals surface area contributed by atoms with E-state index in [0.29, 0.717) is 26.2 Å². The third-order valence-corrected chi connectivity index (χ3v) is 4.41. The zero-order chi connectivity index (χ0) is 13.8. The molecule has 0 bridgehead atoms. The normalized spacial score (nSPS) is 19.8. The molecule has 1 fully saturated rings. The van der Waals surface area contributed by atoms with Crippen molar-refractivity contribution >= 4 is 16.2 Å². The predicted octanol–water partition coefficient (Wildman–Crippen LogP) is -1.08. The van der Waals surface area contributed by atoms with Crippen molar-refractivity contribution in [3.05, 3.63) is 0 Å². The molecule has 1 unspecified atom stereocenters. The van der Waals surface area contributed by atoms with E-state index in [2.05, 4.69) is 14.8 Å². The molecule has 0 spiro atoms. The Balaban J connectivity index is 2.75. The van der Waals surface area contributed by atoms with E-state index in [4.69, 9.17) is 0 Å². The van der Waals surface area contributed by atoms with E-state index < -0.39 is 22.2 Å². The molecule has 18 heavy (non-hydrogen) atoms. The van der Waals surface area contributed by atoms with Crippen LogP contribution in [0.1, 0.15) is 13.8 Å². The first-order valence-corrected chi connectivity index (χ1v) is 7.38. The van der Waals surface area contributed by atoms with Crippen LogP contribution in [0.25, 0.3) is 0 Å². The van der Waals surface area contributed by atoms with E-state index in [-0.39, 0.29) is 5.92 Å². The molecule has 7 nitrogen and oxygen atoms in total. The number of carbonyl (C=O) groups is 1. The molecule has 1 rings (SSSR count). The maximum atomic E-state index is 12.1. The Hall–Kier alpha value is -0.700. The van der Waals surface area contributed by atoms with Gasteiger partial charge in [-0.2, -0.15) is 17.4 Å². The fourth-order valence-corrected chi connectivity index (χ4v) is 3.20. The summed E-state index contributed by atoms with van der Waals surface area (Å²) in [6, 6.07) is -0.852. The number of nitrogens with one attached hydrogen (secondary N) is 2. The molecule has 106 valence electrons. The maximum absolute atomic E-state index is 12.1. The number of rotatable bonds is 5. The summed E-state index contributed by atoms with van der Waals surface area (Å²) in [5.41, 5.74) is 0. The topological polar surface area (TPSA) is 87.7 Å². The number of ether oxygens (including phenoxy) is 1.